The second-order valence-electron chi connectivity index (χ2n) is 3.70. The minimum absolute atomic E-state index is 0.242. The van der Waals surface area contributed by atoms with Crippen LogP contribution >= 0.6 is 0 Å². The first kappa shape index (κ1) is 9.62. The fourth-order valence-electron chi connectivity index (χ4n) is 1.85. The van der Waals surface area contributed by atoms with Gasteiger partial charge < -0.3 is 9.84 Å². The number of hydrogen-bond donors (Lipinski definition) is 1. The molecule has 1 aliphatic heterocycles. The molecule has 0 spiro atoms. The molecule has 3 heteroatoms. The van der Waals surface area contributed by atoms with Crippen LogP contribution in [0.4, 0.5) is 0 Å². The van der Waals surface area contributed by atoms with Gasteiger partial charge in [-0.2, -0.15) is 0 Å². The van der Waals surface area contributed by atoms with Crippen molar-refractivity contribution in [2.24, 2.45) is 5.92 Å². The van der Waals surface area contributed by atoms with Gasteiger partial charge in [0.1, 0.15) is 0 Å². The van der Waals surface area contributed by atoms with E-state index in [2.05, 4.69) is 4.98 Å². The van der Waals surface area contributed by atoms with Gasteiger partial charge in [0.2, 0.25) is 0 Å². The Morgan fingerprint density at radius 1 is 1.43 bits per heavy atom. The zero-order chi connectivity index (χ0) is 9.80. The Bertz CT molecular complexity index is 270. The van der Waals surface area contributed by atoms with E-state index in [-0.39, 0.29) is 5.92 Å². The van der Waals surface area contributed by atoms with Crippen LogP contribution in [0.1, 0.15) is 24.5 Å². The third-order valence-corrected chi connectivity index (χ3v) is 2.69. The molecule has 0 radical (unpaired) electrons. The highest BCUT2D eigenvalue weighted by Gasteiger charge is 2.23. The molecule has 1 N–H and O–H groups in total. The fraction of sp³-hybridized carbons (Fsp3) is 0.545. The van der Waals surface area contributed by atoms with E-state index >= 15 is 0 Å². The molecule has 0 bridgehead atoms. The van der Waals surface area contributed by atoms with E-state index in [1.54, 1.807) is 12.4 Å². The quantitative estimate of drug-likeness (QED) is 0.774. The largest absolute Gasteiger partial charge is 0.388 e. The van der Waals surface area contributed by atoms with E-state index in [1.165, 1.54) is 0 Å². The number of aromatic nitrogens is 1. The lowest BCUT2D eigenvalue weighted by molar-refractivity contribution is -0.00999. The number of aliphatic hydroxyl groups is 1. The van der Waals surface area contributed by atoms with Gasteiger partial charge in [0.05, 0.1) is 12.7 Å². The number of ether oxygens (including phenoxy) is 1. The zero-order valence-corrected chi connectivity index (χ0v) is 8.10. The maximum absolute atomic E-state index is 10.0. The van der Waals surface area contributed by atoms with Crippen molar-refractivity contribution in [1.82, 2.24) is 4.98 Å². The summed E-state index contributed by atoms with van der Waals surface area (Å²) < 4.78 is 5.35. The summed E-state index contributed by atoms with van der Waals surface area (Å²) in [4.78, 5) is 3.93. The van der Waals surface area contributed by atoms with Crippen LogP contribution in [0.15, 0.2) is 24.5 Å². The number of aliphatic hydroxyl groups excluding tert-OH is 1. The molecule has 0 aliphatic carbocycles. The molecular weight excluding hydrogens is 178 g/mol. The van der Waals surface area contributed by atoms with E-state index in [0.29, 0.717) is 6.61 Å². The predicted octanol–water partition coefficient (Wildman–Crippen LogP) is 1.54. The highest BCUT2D eigenvalue weighted by Crippen LogP contribution is 2.27. The number of pyridine rings is 1. The van der Waals surface area contributed by atoms with Gasteiger partial charge in [0.25, 0.3) is 0 Å². The average Bonchev–Trinajstić information content (AvgIpc) is 2.30. The average molecular weight is 193 g/mol. The topological polar surface area (TPSA) is 42.4 Å². The molecule has 1 aromatic heterocycles. The van der Waals surface area contributed by atoms with Crippen LogP contribution in [0.5, 0.6) is 0 Å². The van der Waals surface area contributed by atoms with Crippen molar-refractivity contribution < 1.29 is 9.84 Å². The summed E-state index contributed by atoms with van der Waals surface area (Å²) in [5.74, 6) is 0.242. The Morgan fingerprint density at radius 3 is 2.86 bits per heavy atom. The standard InChI is InChI=1S/C11H15NO2/c13-11(9-3-5-12-6-4-9)10-2-1-7-14-8-10/h3-6,10-11,13H,1-2,7-8H2. The van der Waals surface area contributed by atoms with E-state index < -0.39 is 6.10 Å². The van der Waals surface area contributed by atoms with E-state index in [9.17, 15) is 5.11 Å². The molecule has 0 aromatic carbocycles. The van der Waals surface area contributed by atoms with Crippen molar-refractivity contribution in [1.29, 1.82) is 0 Å². The molecule has 76 valence electrons. The van der Waals surface area contributed by atoms with Gasteiger partial charge in [0.15, 0.2) is 0 Å². The minimum Gasteiger partial charge on any atom is -0.388 e. The molecule has 1 fully saturated rings. The maximum Gasteiger partial charge on any atom is 0.0841 e. The van der Waals surface area contributed by atoms with E-state index in [1.807, 2.05) is 12.1 Å². The SMILES string of the molecule is OC(c1ccncc1)C1CCCOC1. The van der Waals surface area contributed by atoms with Gasteiger partial charge in [-0.15, -0.1) is 0 Å². The molecule has 0 amide bonds. The Hall–Kier alpha value is -0.930. The van der Waals surface area contributed by atoms with Crippen LogP contribution < -0.4 is 0 Å². The van der Waals surface area contributed by atoms with Gasteiger partial charge >= 0.3 is 0 Å². The molecule has 2 unspecified atom stereocenters. The van der Waals surface area contributed by atoms with Crippen molar-refractivity contribution in [3.8, 4) is 0 Å². The monoisotopic (exact) mass is 193 g/mol. The lowest BCUT2D eigenvalue weighted by Crippen LogP contribution is -2.23. The van der Waals surface area contributed by atoms with E-state index in [0.717, 1.165) is 25.0 Å². The van der Waals surface area contributed by atoms with Crippen molar-refractivity contribution in [3.05, 3.63) is 30.1 Å². The van der Waals surface area contributed by atoms with Crippen LogP contribution in [0.25, 0.3) is 0 Å². The second-order valence-corrected chi connectivity index (χ2v) is 3.70. The van der Waals surface area contributed by atoms with Gasteiger partial charge in [0, 0.05) is 24.9 Å². The van der Waals surface area contributed by atoms with Crippen LogP contribution in [0.2, 0.25) is 0 Å². The second kappa shape index (κ2) is 4.53. The summed E-state index contributed by atoms with van der Waals surface area (Å²) in [7, 11) is 0. The Morgan fingerprint density at radius 2 is 2.21 bits per heavy atom. The molecule has 1 aliphatic rings. The zero-order valence-electron chi connectivity index (χ0n) is 8.10. The van der Waals surface area contributed by atoms with Crippen molar-refractivity contribution in [2.45, 2.75) is 18.9 Å². The number of rotatable bonds is 2. The first-order chi connectivity index (χ1) is 6.88. The summed E-state index contributed by atoms with van der Waals surface area (Å²) >= 11 is 0. The molecule has 1 aromatic rings. The molecule has 2 atom stereocenters. The first-order valence-electron chi connectivity index (χ1n) is 5.03. The van der Waals surface area contributed by atoms with Gasteiger partial charge in [-0.25, -0.2) is 0 Å². The van der Waals surface area contributed by atoms with Crippen molar-refractivity contribution in [3.63, 3.8) is 0 Å². The Kier molecular flexibility index (Phi) is 3.11. The lowest BCUT2D eigenvalue weighted by Gasteiger charge is -2.26. The van der Waals surface area contributed by atoms with Crippen molar-refractivity contribution >= 4 is 0 Å². The first-order valence-corrected chi connectivity index (χ1v) is 5.03. The van der Waals surface area contributed by atoms with E-state index in [4.69, 9.17) is 4.74 Å². The minimum atomic E-state index is -0.404. The van der Waals surface area contributed by atoms with Crippen LogP contribution in [0.3, 0.4) is 0 Å². The lowest BCUT2D eigenvalue weighted by atomic mass is 9.92. The van der Waals surface area contributed by atoms with Gasteiger partial charge in [-0.1, -0.05) is 0 Å². The highest BCUT2D eigenvalue weighted by molar-refractivity contribution is 5.13. The van der Waals surface area contributed by atoms with Crippen molar-refractivity contribution in [2.75, 3.05) is 13.2 Å². The highest BCUT2D eigenvalue weighted by atomic mass is 16.5. The predicted molar refractivity (Wildman–Crippen MR) is 52.7 cm³/mol. The summed E-state index contributed by atoms with van der Waals surface area (Å²) in [5, 5.41) is 10.0. The third-order valence-electron chi connectivity index (χ3n) is 2.69. The normalized spacial score (nSPS) is 24.5. The molecule has 3 nitrogen and oxygen atoms in total. The fourth-order valence-corrected chi connectivity index (χ4v) is 1.85. The molecule has 2 rings (SSSR count). The number of nitrogens with zero attached hydrogens (tertiary/aromatic N) is 1. The third kappa shape index (κ3) is 2.11. The van der Waals surface area contributed by atoms with Gasteiger partial charge in [-0.3, -0.25) is 4.98 Å². The summed E-state index contributed by atoms with van der Waals surface area (Å²) in [6.45, 7) is 1.50. The van der Waals surface area contributed by atoms with Gasteiger partial charge in [-0.05, 0) is 30.5 Å². The summed E-state index contributed by atoms with van der Waals surface area (Å²) in [6.07, 6.45) is 5.11. The van der Waals surface area contributed by atoms with Crippen LogP contribution in [0, 0.1) is 5.92 Å². The maximum atomic E-state index is 10.0. The summed E-state index contributed by atoms with van der Waals surface area (Å²) in [5.41, 5.74) is 0.940. The molecule has 0 saturated carbocycles. The van der Waals surface area contributed by atoms with Crippen LogP contribution in [-0.4, -0.2) is 23.3 Å². The Labute approximate surface area is 83.7 Å². The molecule has 14 heavy (non-hydrogen) atoms. The molecule has 1 saturated heterocycles. The van der Waals surface area contributed by atoms with Crippen LogP contribution in [-0.2, 0) is 4.74 Å². The number of hydrogen-bond acceptors (Lipinski definition) is 3. The molecule has 2 heterocycles. The smallest absolute Gasteiger partial charge is 0.0841 e. The molecular formula is C11H15NO2. The Balaban J connectivity index is 2.03. The summed E-state index contributed by atoms with van der Waals surface area (Å²) in [6, 6.07) is 3.72.